The summed E-state index contributed by atoms with van der Waals surface area (Å²) in [4.78, 5) is 11.6. The molecule has 0 saturated heterocycles. The molecule has 0 fully saturated rings. The second-order valence-electron chi connectivity index (χ2n) is 4.17. The summed E-state index contributed by atoms with van der Waals surface area (Å²) < 4.78 is 28.3. The first kappa shape index (κ1) is 16.7. The molecule has 3 N–H and O–H groups in total. The monoisotopic (exact) mass is 306 g/mol. The second-order valence-corrected chi connectivity index (χ2v) is 4.58. The van der Waals surface area contributed by atoms with Crippen molar-refractivity contribution in [1.82, 2.24) is 0 Å². The molecule has 0 radical (unpaired) electrons. The van der Waals surface area contributed by atoms with Gasteiger partial charge in [0.1, 0.15) is 5.75 Å². The van der Waals surface area contributed by atoms with Crippen molar-refractivity contribution in [2.24, 2.45) is 5.73 Å². The number of carbonyl (C=O) groups excluding carboxylic acids is 1. The van der Waals surface area contributed by atoms with E-state index in [1.165, 1.54) is 18.2 Å². The molecule has 1 aromatic rings. The van der Waals surface area contributed by atoms with E-state index >= 15 is 0 Å². The standard InChI is InChI=1S/C13H17ClF2N2O2/c14-10-8-9(5-6-11(10)20-13(15)16)18-12(19)4-2-1-3-7-17/h5-6,8,13H,1-4,7,17H2,(H,18,19). The smallest absolute Gasteiger partial charge is 0.387 e. The van der Waals surface area contributed by atoms with Crippen molar-refractivity contribution in [2.45, 2.75) is 32.3 Å². The molecule has 0 aliphatic rings. The summed E-state index contributed by atoms with van der Waals surface area (Å²) in [5.74, 6) is -0.275. The summed E-state index contributed by atoms with van der Waals surface area (Å²) >= 11 is 5.78. The van der Waals surface area contributed by atoms with Gasteiger partial charge in [-0.2, -0.15) is 8.78 Å². The van der Waals surface area contributed by atoms with Gasteiger partial charge in [-0.1, -0.05) is 18.0 Å². The van der Waals surface area contributed by atoms with E-state index in [1.54, 1.807) is 0 Å². The summed E-state index contributed by atoms with van der Waals surface area (Å²) in [6.07, 6.45) is 2.92. The predicted octanol–water partition coefficient (Wildman–Crippen LogP) is 3.40. The van der Waals surface area contributed by atoms with Crippen molar-refractivity contribution >= 4 is 23.2 Å². The summed E-state index contributed by atoms with van der Waals surface area (Å²) in [5, 5.41) is 2.66. The van der Waals surface area contributed by atoms with Crippen LogP contribution in [-0.2, 0) is 4.79 Å². The lowest BCUT2D eigenvalue weighted by Crippen LogP contribution is -2.11. The number of unbranched alkanes of at least 4 members (excludes halogenated alkanes) is 2. The number of nitrogens with one attached hydrogen (secondary N) is 1. The number of rotatable bonds is 8. The van der Waals surface area contributed by atoms with Crippen molar-refractivity contribution in [3.63, 3.8) is 0 Å². The molecule has 0 atom stereocenters. The fourth-order valence-electron chi connectivity index (χ4n) is 1.60. The molecule has 112 valence electrons. The molecule has 1 aromatic carbocycles. The average molecular weight is 307 g/mol. The van der Waals surface area contributed by atoms with Crippen LogP contribution in [0.25, 0.3) is 0 Å². The number of hydrogen-bond donors (Lipinski definition) is 2. The third-order valence-corrected chi connectivity index (χ3v) is 2.84. The zero-order chi connectivity index (χ0) is 15.0. The summed E-state index contributed by atoms with van der Waals surface area (Å²) in [6.45, 7) is -2.32. The van der Waals surface area contributed by atoms with Crippen molar-refractivity contribution in [3.05, 3.63) is 23.2 Å². The fraction of sp³-hybridized carbons (Fsp3) is 0.462. The number of anilines is 1. The molecule has 7 heteroatoms. The van der Waals surface area contributed by atoms with Crippen LogP contribution in [0.5, 0.6) is 5.75 Å². The molecular weight excluding hydrogens is 290 g/mol. The minimum Gasteiger partial charge on any atom is -0.433 e. The minimum absolute atomic E-state index is 0.0197. The van der Waals surface area contributed by atoms with Crippen molar-refractivity contribution in [1.29, 1.82) is 0 Å². The van der Waals surface area contributed by atoms with Gasteiger partial charge in [-0.25, -0.2) is 0 Å². The van der Waals surface area contributed by atoms with E-state index in [-0.39, 0.29) is 16.7 Å². The molecule has 0 bridgehead atoms. The summed E-state index contributed by atoms with van der Waals surface area (Å²) in [6, 6.07) is 4.12. The molecule has 0 aliphatic carbocycles. The third kappa shape index (κ3) is 6.16. The molecule has 0 aromatic heterocycles. The van der Waals surface area contributed by atoms with Crippen molar-refractivity contribution in [3.8, 4) is 5.75 Å². The number of benzene rings is 1. The highest BCUT2D eigenvalue weighted by atomic mass is 35.5. The Morgan fingerprint density at radius 2 is 2.10 bits per heavy atom. The molecular formula is C13H17ClF2N2O2. The number of amides is 1. The second kappa shape index (κ2) is 8.71. The van der Waals surface area contributed by atoms with E-state index in [0.29, 0.717) is 18.7 Å². The highest BCUT2D eigenvalue weighted by molar-refractivity contribution is 6.32. The molecule has 0 aliphatic heterocycles. The van der Waals surface area contributed by atoms with E-state index in [0.717, 1.165) is 19.3 Å². The minimum atomic E-state index is -2.93. The predicted molar refractivity (Wildman–Crippen MR) is 74.2 cm³/mol. The fourth-order valence-corrected chi connectivity index (χ4v) is 1.83. The van der Waals surface area contributed by atoms with Crippen LogP contribution in [0.1, 0.15) is 25.7 Å². The van der Waals surface area contributed by atoms with Crippen LogP contribution in [0.15, 0.2) is 18.2 Å². The van der Waals surface area contributed by atoms with Crippen LogP contribution in [0, 0.1) is 0 Å². The highest BCUT2D eigenvalue weighted by Gasteiger charge is 2.10. The van der Waals surface area contributed by atoms with Crippen molar-refractivity contribution in [2.75, 3.05) is 11.9 Å². The molecule has 1 rings (SSSR count). The van der Waals surface area contributed by atoms with Gasteiger partial charge in [0, 0.05) is 12.1 Å². The van der Waals surface area contributed by atoms with Gasteiger partial charge in [-0.15, -0.1) is 0 Å². The zero-order valence-corrected chi connectivity index (χ0v) is 11.6. The Morgan fingerprint density at radius 1 is 1.35 bits per heavy atom. The SMILES string of the molecule is NCCCCCC(=O)Nc1ccc(OC(F)F)c(Cl)c1. The van der Waals surface area contributed by atoms with Gasteiger partial charge >= 0.3 is 6.61 Å². The number of alkyl halides is 2. The van der Waals surface area contributed by atoms with Gasteiger partial charge in [-0.3, -0.25) is 4.79 Å². The molecule has 0 unspecified atom stereocenters. The highest BCUT2D eigenvalue weighted by Crippen LogP contribution is 2.29. The van der Waals surface area contributed by atoms with E-state index in [9.17, 15) is 13.6 Å². The Kier molecular flexibility index (Phi) is 7.25. The van der Waals surface area contributed by atoms with Gasteiger partial charge in [0.2, 0.25) is 5.91 Å². The topological polar surface area (TPSA) is 64.4 Å². The van der Waals surface area contributed by atoms with Crippen LogP contribution in [0.3, 0.4) is 0 Å². The van der Waals surface area contributed by atoms with Gasteiger partial charge in [0.05, 0.1) is 5.02 Å². The summed E-state index contributed by atoms with van der Waals surface area (Å²) in [5.41, 5.74) is 5.80. The van der Waals surface area contributed by atoms with Gasteiger partial charge in [0.25, 0.3) is 0 Å². The number of halogens is 3. The Morgan fingerprint density at radius 3 is 2.70 bits per heavy atom. The van der Waals surface area contributed by atoms with Crippen LogP contribution < -0.4 is 15.8 Å². The number of ether oxygens (including phenoxy) is 1. The first-order valence-electron chi connectivity index (χ1n) is 6.27. The first-order chi connectivity index (χ1) is 9.52. The van der Waals surface area contributed by atoms with Gasteiger partial charge < -0.3 is 15.8 Å². The van der Waals surface area contributed by atoms with Gasteiger partial charge in [0.15, 0.2) is 0 Å². The first-order valence-corrected chi connectivity index (χ1v) is 6.65. The van der Waals surface area contributed by atoms with Crippen LogP contribution >= 0.6 is 11.6 Å². The van der Waals surface area contributed by atoms with Crippen LogP contribution in [0.4, 0.5) is 14.5 Å². The molecule has 0 spiro atoms. The van der Waals surface area contributed by atoms with Crippen LogP contribution in [0.2, 0.25) is 5.02 Å². The lowest BCUT2D eigenvalue weighted by molar-refractivity contribution is -0.116. The van der Waals surface area contributed by atoms with E-state index in [1.807, 2.05) is 0 Å². The average Bonchev–Trinajstić information content (AvgIpc) is 2.37. The lowest BCUT2D eigenvalue weighted by Gasteiger charge is -2.09. The molecule has 1 amide bonds. The van der Waals surface area contributed by atoms with E-state index < -0.39 is 6.61 Å². The lowest BCUT2D eigenvalue weighted by atomic mass is 10.2. The maximum atomic E-state index is 12.1. The van der Waals surface area contributed by atoms with Gasteiger partial charge in [-0.05, 0) is 37.6 Å². The molecule has 20 heavy (non-hydrogen) atoms. The maximum absolute atomic E-state index is 12.1. The zero-order valence-electron chi connectivity index (χ0n) is 10.9. The molecule has 0 saturated carbocycles. The normalized spacial score (nSPS) is 10.7. The number of hydrogen-bond acceptors (Lipinski definition) is 3. The Labute approximate surface area is 121 Å². The van der Waals surface area contributed by atoms with E-state index in [4.69, 9.17) is 17.3 Å². The third-order valence-electron chi connectivity index (χ3n) is 2.54. The molecule has 4 nitrogen and oxygen atoms in total. The summed E-state index contributed by atoms with van der Waals surface area (Å²) in [7, 11) is 0. The largest absolute Gasteiger partial charge is 0.433 e. The maximum Gasteiger partial charge on any atom is 0.387 e. The van der Waals surface area contributed by atoms with E-state index in [2.05, 4.69) is 10.1 Å². The van der Waals surface area contributed by atoms with Crippen LogP contribution in [-0.4, -0.2) is 19.1 Å². The number of carbonyl (C=O) groups is 1. The Bertz CT molecular complexity index is 444. The van der Waals surface area contributed by atoms with Crippen molar-refractivity contribution < 1.29 is 18.3 Å². The quantitative estimate of drug-likeness (QED) is 0.723. The Balaban J connectivity index is 2.48. The molecule has 0 heterocycles. The number of nitrogens with two attached hydrogens (primary N) is 1. The Hall–Kier alpha value is -1.40.